The number of carbonyl (C=O) groups is 1. The molecule has 0 bridgehead atoms. The van der Waals surface area contributed by atoms with E-state index >= 15 is 0 Å². The molecule has 2 nitrogen and oxygen atoms in total. The smallest absolute Gasteiger partial charge is 0.302 e. The molecule has 3 rings (SSSR count). The summed E-state index contributed by atoms with van der Waals surface area (Å²) >= 11 is 0. The largest absolute Gasteiger partial charge is 0.466 e. The monoisotopic (exact) mass is 379 g/mol. The fraction of sp³-hybridized carbons (Fsp3) is 0.208. The summed E-state index contributed by atoms with van der Waals surface area (Å²) in [5, 5.41) is 4.39. The van der Waals surface area contributed by atoms with E-state index in [0.717, 1.165) is 6.16 Å². The van der Waals surface area contributed by atoms with Gasteiger partial charge in [0.1, 0.15) is 23.2 Å². The highest BCUT2D eigenvalue weighted by atomic mass is 31.2. The van der Waals surface area contributed by atoms with Crippen molar-refractivity contribution in [2.45, 2.75) is 20.8 Å². The second kappa shape index (κ2) is 10.6. The first-order valence-corrected chi connectivity index (χ1v) is 11.3. The molecule has 3 heteroatoms. The van der Waals surface area contributed by atoms with Gasteiger partial charge in [0.25, 0.3) is 0 Å². The van der Waals surface area contributed by atoms with Gasteiger partial charge in [-0.25, -0.2) is 0 Å². The van der Waals surface area contributed by atoms with Gasteiger partial charge in [0.15, 0.2) is 0 Å². The molecule has 3 aromatic carbocycles. The van der Waals surface area contributed by atoms with Gasteiger partial charge in [-0.1, -0.05) is 54.6 Å². The van der Waals surface area contributed by atoms with E-state index in [2.05, 4.69) is 103 Å². The topological polar surface area (TPSA) is 26.3 Å². The van der Waals surface area contributed by atoms with E-state index in [9.17, 15) is 4.79 Å². The zero-order valence-corrected chi connectivity index (χ0v) is 17.2. The number of hydrogen-bond donors (Lipinski definition) is 0. The van der Waals surface area contributed by atoms with Crippen molar-refractivity contribution in [3.63, 3.8) is 0 Å². The van der Waals surface area contributed by atoms with Gasteiger partial charge < -0.3 is 4.74 Å². The lowest BCUT2D eigenvalue weighted by Gasteiger charge is -2.26. The van der Waals surface area contributed by atoms with Gasteiger partial charge in [0.2, 0.25) is 0 Å². The molecule has 0 N–H and O–H groups in total. The lowest BCUT2D eigenvalue weighted by Crippen LogP contribution is -2.32. The molecule has 140 valence electrons. The molecule has 0 radical (unpaired) electrons. The van der Waals surface area contributed by atoms with E-state index in [0.29, 0.717) is 6.61 Å². The van der Waals surface area contributed by atoms with Crippen molar-refractivity contribution in [3.8, 4) is 0 Å². The molecule has 0 spiro atoms. The van der Waals surface area contributed by atoms with Crippen LogP contribution in [-0.2, 0) is 9.53 Å². The van der Waals surface area contributed by atoms with Crippen LogP contribution in [0.3, 0.4) is 0 Å². The Balaban J connectivity index is 0.000000380. The summed E-state index contributed by atoms with van der Waals surface area (Å²) in [4.78, 5) is 9.82. The third-order valence-corrected chi connectivity index (χ3v) is 8.90. The van der Waals surface area contributed by atoms with E-state index in [1.807, 2.05) is 0 Å². The molecule has 0 fully saturated rings. The summed E-state index contributed by atoms with van der Waals surface area (Å²) in [5.74, 6) is -0.211. The Hall–Kier alpha value is -2.44. The first-order chi connectivity index (χ1) is 13.1. The number of hydrogen-bond acceptors (Lipinski definition) is 2. The average Bonchev–Trinajstić information content (AvgIpc) is 2.72. The molecule has 0 aliphatic rings. The maximum Gasteiger partial charge on any atom is 0.302 e. The highest BCUT2D eigenvalue weighted by Gasteiger charge is 2.43. The summed E-state index contributed by atoms with van der Waals surface area (Å²) in [6.45, 7) is 5.97. The Morgan fingerprint density at radius 1 is 0.704 bits per heavy atom. The minimum absolute atomic E-state index is 0.211. The highest BCUT2D eigenvalue weighted by Crippen LogP contribution is 2.54. The molecular weight excluding hydrogens is 351 g/mol. The second-order valence-corrected chi connectivity index (χ2v) is 9.86. The minimum atomic E-state index is -1.53. The number of ether oxygens (including phenoxy) is 1. The van der Waals surface area contributed by atoms with Crippen molar-refractivity contribution in [3.05, 3.63) is 91.0 Å². The molecule has 3 aromatic rings. The first-order valence-electron chi connectivity index (χ1n) is 9.33. The molecule has 27 heavy (non-hydrogen) atoms. The van der Waals surface area contributed by atoms with Gasteiger partial charge >= 0.3 is 5.97 Å². The summed E-state index contributed by atoms with van der Waals surface area (Å²) < 4.78 is 4.40. The Morgan fingerprint density at radius 3 is 1.22 bits per heavy atom. The van der Waals surface area contributed by atoms with Gasteiger partial charge in [-0.05, 0) is 50.2 Å². The maximum atomic E-state index is 9.82. The SMILES string of the molecule is CCOC(C)=O.CC[P+](c1ccccc1)(c1ccccc1)c1ccccc1. The summed E-state index contributed by atoms with van der Waals surface area (Å²) in [6, 6.07) is 33.0. The summed E-state index contributed by atoms with van der Waals surface area (Å²) in [7, 11) is -1.53. The van der Waals surface area contributed by atoms with Crippen LogP contribution in [0.5, 0.6) is 0 Å². The predicted octanol–water partition coefficient (Wildman–Crippen LogP) is 4.57. The van der Waals surface area contributed by atoms with Crippen LogP contribution in [0.25, 0.3) is 0 Å². The van der Waals surface area contributed by atoms with E-state index in [1.54, 1.807) is 6.92 Å². The fourth-order valence-electron chi connectivity index (χ4n) is 3.25. The quantitative estimate of drug-likeness (QED) is 0.479. The number of benzene rings is 3. The van der Waals surface area contributed by atoms with Crippen LogP contribution in [0, 0.1) is 0 Å². The van der Waals surface area contributed by atoms with Crippen LogP contribution in [0.4, 0.5) is 0 Å². The van der Waals surface area contributed by atoms with Crippen LogP contribution in [-0.4, -0.2) is 18.7 Å². The van der Waals surface area contributed by atoms with Crippen molar-refractivity contribution in [2.75, 3.05) is 12.8 Å². The third-order valence-electron chi connectivity index (χ3n) is 4.41. The molecule has 0 saturated carbocycles. The molecule has 0 heterocycles. The van der Waals surface area contributed by atoms with Gasteiger partial charge in [0, 0.05) is 6.92 Å². The third kappa shape index (κ3) is 5.28. The number of rotatable bonds is 5. The zero-order chi connectivity index (χ0) is 19.5. The average molecular weight is 379 g/mol. The predicted molar refractivity (Wildman–Crippen MR) is 118 cm³/mol. The lowest BCUT2D eigenvalue weighted by atomic mass is 10.4. The number of carbonyl (C=O) groups excluding carboxylic acids is 1. The lowest BCUT2D eigenvalue weighted by molar-refractivity contribution is -0.140. The minimum Gasteiger partial charge on any atom is -0.466 e. The first kappa shape index (κ1) is 20.9. The Kier molecular flexibility index (Phi) is 8.23. The molecule has 0 aliphatic carbocycles. The van der Waals surface area contributed by atoms with Crippen LogP contribution >= 0.6 is 7.26 Å². The standard InChI is InChI=1S/C20H20P.C4H8O2/c1-2-21(18-12-6-3-7-13-18,19-14-8-4-9-15-19)20-16-10-5-11-17-20;1-3-6-4(2)5/h3-17H,2H2,1H3;3H2,1-2H3/q+1;. The normalized spacial score (nSPS) is 10.5. The van der Waals surface area contributed by atoms with Crippen molar-refractivity contribution in [1.82, 2.24) is 0 Å². The molecule has 0 aromatic heterocycles. The van der Waals surface area contributed by atoms with Crippen LogP contribution in [0.15, 0.2) is 91.0 Å². The van der Waals surface area contributed by atoms with E-state index in [1.165, 1.54) is 22.8 Å². The fourth-order valence-corrected chi connectivity index (χ4v) is 7.28. The molecule has 0 saturated heterocycles. The molecule has 0 aliphatic heterocycles. The van der Waals surface area contributed by atoms with Gasteiger partial charge in [-0.15, -0.1) is 0 Å². The van der Waals surface area contributed by atoms with Crippen LogP contribution in [0.2, 0.25) is 0 Å². The zero-order valence-electron chi connectivity index (χ0n) is 16.3. The maximum absolute atomic E-state index is 9.82. The van der Waals surface area contributed by atoms with Crippen LogP contribution < -0.4 is 15.9 Å². The Labute approximate surface area is 163 Å². The highest BCUT2D eigenvalue weighted by molar-refractivity contribution is 7.95. The van der Waals surface area contributed by atoms with Crippen molar-refractivity contribution in [1.29, 1.82) is 0 Å². The molecule has 0 amide bonds. The van der Waals surface area contributed by atoms with Crippen molar-refractivity contribution < 1.29 is 9.53 Å². The van der Waals surface area contributed by atoms with Crippen LogP contribution in [0.1, 0.15) is 20.8 Å². The summed E-state index contributed by atoms with van der Waals surface area (Å²) in [6.07, 6.45) is 1.14. The van der Waals surface area contributed by atoms with E-state index < -0.39 is 7.26 Å². The number of esters is 1. The summed E-state index contributed by atoms with van der Waals surface area (Å²) in [5.41, 5.74) is 0. The van der Waals surface area contributed by atoms with E-state index in [4.69, 9.17) is 0 Å². The second-order valence-electron chi connectivity index (χ2n) is 6.06. The van der Waals surface area contributed by atoms with Crippen molar-refractivity contribution >= 4 is 29.1 Å². The molecule has 0 unspecified atom stereocenters. The van der Waals surface area contributed by atoms with Gasteiger partial charge in [0.05, 0.1) is 12.8 Å². The van der Waals surface area contributed by atoms with Gasteiger partial charge in [-0.2, -0.15) is 0 Å². The molecule has 0 atom stereocenters. The molecular formula is C24H28O2P+. The van der Waals surface area contributed by atoms with Gasteiger partial charge in [-0.3, -0.25) is 4.79 Å². The Bertz CT molecular complexity index is 705. The van der Waals surface area contributed by atoms with E-state index in [-0.39, 0.29) is 5.97 Å². The Morgan fingerprint density at radius 2 is 1.04 bits per heavy atom. The van der Waals surface area contributed by atoms with Crippen molar-refractivity contribution in [2.24, 2.45) is 0 Å².